The molecule has 0 N–H and O–H groups in total. The number of hydrogen-bond acceptors (Lipinski definition) is 6. The van der Waals surface area contributed by atoms with Crippen LogP contribution in [0.5, 0.6) is 0 Å². The van der Waals surface area contributed by atoms with Crippen molar-refractivity contribution in [3.8, 4) is 0 Å². The molecule has 6 nitrogen and oxygen atoms in total. The molecule has 2 aromatic heterocycles. The lowest BCUT2D eigenvalue weighted by Crippen LogP contribution is -1.99. The van der Waals surface area contributed by atoms with Crippen LogP contribution in [-0.4, -0.2) is 19.7 Å². The first-order chi connectivity index (χ1) is 11.0. The van der Waals surface area contributed by atoms with E-state index in [9.17, 15) is 10.1 Å². The van der Waals surface area contributed by atoms with Gasteiger partial charge in [0.2, 0.25) is 0 Å². The number of thiophene rings is 1. The molecule has 0 saturated carbocycles. The maximum atomic E-state index is 10.7. The number of aromatic nitrogens is 3. The molecule has 1 aromatic carbocycles. The van der Waals surface area contributed by atoms with E-state index in [1.54, 1.807) is 17.4 Å². The van der Waals surface area contributed by atoms with Gasteiger partial charge in [-0.05, 0) is 29.3 Å². The van der Waals surface area contributed by atoms with Crippen molar-refractivity contribution < 1.29 is 4.92 Å². The number of rotatable bonds is 5. The largest absolute Gasteiger partial charge is 0.309 e. The highest BCUT2D eigenvalue weighted by molar-refractivity contribution is 7.99. The topological polar surface area (TPSA) is 73.8 Å². The Bertz CT molecular complexity index is 849. The monoisotopic (exact) mass is 366 g/mol. The van der Waals surface area contributed by atoms with Crippen molar-refractivity contribution in [1.29, 1.82) is 0 Å². The van der Waals surface area contributed by atoms with Gasteiger partial charge in [-0.15, -0.1) is 21.5 Å². The molecule has 0 fully saturated rings. The Kier molecular flexibility index (Phi) is 4.65. The predicted molar refractivity (Wildman–Crippen MR) is 90.4 cm³/mol. The van der Waals surface area contributed by atoms with Gasteiger partial charge in [0.05, 0.1) is 9.95 Å². The Morgan fingerprint density at radius 1 is 1.39 bits per heavy atom. The van der Waals surface area contributed by atoms with Crippen LogP contribution < -0.4 is 0 Å². The minimum absolute atomic E-state index is 0.0318. The van der Waals surface area contributed by atoms with E-state index in [-0.39, 0.29) is 5.69 Å². The number of benzene rings is 1. The van der Waals surface area contributed by atoms with Gasteiger partial charge in [0.15, 0.2) is 5.16 Å². The summed E-state index contributed by atoms with van der Waals surface area (Å²) in [7, 11) is 1.89. The SMILES string of the molecule is Cn1c(Cc2cccs2)nnc1Sc1ccc([N+](=O)[O-])cc1Cl. The van der Waals surface area contributed by atoms with Crippen molar-refractivity contribution in [3.63, 3.8) is 0 Å². The second-order valence-corrected chi connectivity index (χ2v) is 7.14. The number of non-ortho nitro benzene ring substituents is 1. The van der Waals surface area contributed by atoms with Crippen molar-refractivity contribution in [2.45, 2.75) is 16.5 Å². The van der Waals surface area contributed by atoms with E-state index in [0.717, 1.165) is 12.2 Å². The molecule has 23 heavy (non-hydrogen) atoms. The van der Waals surface area contributed by atoms with E-state index in [0.29, 0.717) is 15.1 Å². The molecule has 3 rings (SSSR count). The molecular weight excluding hydrogens is 356 g/mol. The summed E-state index contributed by atoms with van der Waals surface area (Å²) in [6, 6.07) is 8.45. The average molecular weight is 367 g/mol. The van der Waals surface area contributed by atoms with Crippen LogP contribution in [-0.2, 0) is 13.5 Å². The van der Waals surface area contributed by atoms with Crippen LogP contribution in [0.2, 0.25) is 5.02 Å². The minimum Gasteiger partial charge on any atom is -0.309 e. The van der Waals surface area contributed by atoms with Crippen LogP contribution in [0.15, 0.2) is 45.8 Å². The van der Waals surface area contributed by atoms with Crippen LogP contribution in [0.1, 0.15) is 10.7 Å². The average Bonchev–Trinajstić information content (AvgIpc) is 3.14. The number of hydrogen-bond donors (Lipinski definition) is 0. The van der Waals surface area contributed by atoms with Crippen LogP contribution in [0.4, 0.5) is 5.69 Å². The summed E-state index contributed by atoms with van der Waals surface area (Å²) in [5.41, 5.74) is -0.0318. The summed E-state index contributed by atoms with van der Waals surface area (Å²) in [6.07, 6.45) is 0.718. The van der Waals surface area contributed by atoms with Crippen LogP contribution in [0.3, 0.4) is 0 Å². The van der Waals surface area contributed by atoms with Crippen molar-refractivity contribution in [1.82, 2.24) is 14.8 Å². The number of nitro groups is 1. The Hall–Kier alpha value is -1.90. The molecular formula is C14H11ClN4O2S2. The third-order valence-corrected chi connectivity index (χ3v) is 5.58. The first kappa shape index (κ1) is 16.0. The Labute approximate surface area is 145 Å². The summed E-state index contributed by atoms with van der Waals surface area (Å²) >= 11 is 9.12. The fourth-order valence-electron chi connectivity index (χ4n) is 1.94. The molecule has 0 spiro atoms. The molecule has 0 aliphatic carbocycles. The maximum absolute atomic E-state index is 10.7. The van der Waals surface area contributed by atoms with E-state index in [1.165, 1.54) is 28.8 Å². The molecule has 0 aliphatic heterocycles. The zero-order valence-electron chi connectivity index (χ0n) is 12.0. The lowest BCUT2D eigenvalue weighted by Gasteiger charge is -2.04. The number of halogens is 1. The highest BCUT2D eigenvalue weighted by Crippen LogP contribution is 2.34. The molecule has 0 unspecified atom stereocenters. The third kappa shape index (κ3) is 3.54. The van der Waals surface area contributed by atoms with E-state index >= 15 is 0 Å². The molecule has 0 amide bonds. The standard InChI is InChI=1S/C14H11ClN4O2S2/c1-18-13(8-10-3-2-6-22-10)16-17-14(18)23-12-5-4-9(19(20)21)7-11(12)15/h2-7H,8H2,1H3. The molecule has 0 radical (unpaired) electrons. The summed E-state index contributed by atoms with van der Waals surface area (Å²) in [5, 5.41) is 22.2. The normalized spacial score (nSPS) is 10.9. The van der Waals surface area contributed by atoms with Crippen LogP contribution in [0, 0.1) is 10.1 Å². The van der Waals surface area contributed by atoms with Gasteiger partial charge < -0.3 is 4.57 Å². The number of nitrogens with zero attached hydrogens (tertiary/aromatic N) is 4. The Morgan fingerprint density at radius 2 is 2.22 bits per heavy atom. The first-order valence-corrected chi connectivity index (χ1v) is 8.64. The van der Waals surface area contributed by atoms with Crippen molar-refractivity contribution in [3.05, 3.63) is 61.6 Å². The van der Waals surface area contributed by atoms with E-state index < -0.39 is 4.92 Å². The second-order valence-electron chi connectivity index (χ2n) is 4.69. The first-order valence-electron chi connectivity index (χ1n) is 6.57. The highest BCUT2D eigenvalue weighted by Gasteiger charge is 2.15. The molecule has 0 atom stereocenters. The summed E-state index contributed by atoms with van der Waals surface area (Å²) in [4.78, 5) is 12.2. The van der Waals surface area contributed by atoms with Gasteiger partial charge in [-0.25, -0.2) is 0 Å². The molecule has 0 bridgehead atoms. The van der Waals surface area contributed by atoms with E-state index in [4.69, 9.17) is 11.6 Å². The molecule has 2 heterocycles. The van der Waals surface area contributed by atoms with E-state index in [1.807, 2.05) is 23.1 Å². The van der Waals surface area contributed by atoms with Gasteiger partial charge >= 0.3 is 0 Å². The summed E-state index contributed by atoms with van der Waals surface area (Å²) in [5.74, 6) is 0.855. The molecule has 0 saturated heterocycles. The minimum atomic E-state index is -0.470. The van der Waals surface area contributed by atoms with Crippen molar-refractivity contribution in [2.75, 3.05) is 0 Å². The zero-order valence-corrected chi connectivity index (χ0v) is 14.4. The molecule has 118 valence electrons. The van der Waals surface area contributed by atoms with Gasteiger partial charge in [-0.1, -0.05) is 17.7 Å². The smallest absolute Gasteiger partial charge is 0.270 e. The fraction of sp³-hybridized carbons (Fsp3) is 0.143. The van der Waals surface area contributed by atoms with Gasteiger partial charge in [-0.3, -0.25) is 10.1 Å². The van der Waals surface area contributed by atoms with Crippen molar-refractivity contribution >= 4 is 40.4 Å². The highest BCUT2D eigenvalue weighted by atomic mass is 35.5. The van der Waals surface area contributed by atoms with Crippen molar-refractivity contribution in [2.24, 2.45) is 7.05 Å². The second kappa shape index (κ2) is 6.69. The van der Waals surface area contributed by atoms with Gasteiger partial charge in [0.25, 0.3) is 5.69 Å². The molecule has 9 heteroatoms. The van der Waals surface area contributed by atoms with Gasteiger partial charge in [-0.2, -0.15) is 0 Å². The maximum Gasteiger partial charge on any atom is 0.270 e. The predicted octanol–water partition coefficient (Wildman–Crippen LogP) is 4.18. The van der Waals surface area contributed by atoms with Gasteiger partial charge in [0.1, 0.15) is 5.82 Å². The quantitative estimate of drug-likeness (QED) is 0.500. The third-order valence-electron chi connectivity index (χ3n) is 3.17. The van der Waals surface area contributed by atoms with Crippen LogP contribution in [0.25, 0.3) is 0 Å². The summed E-state index contributed by atoms with van der Waals surface area (Å²) in [6.45, 7) is 0. The summed E-state index contributed by atoms with van der Waals surface area (Å²) < 4.78 is 1.90. The molecule has 0 aliphatic rings. The van der Waals surface area contributed by atoms with E-state index in [2.05, 4.69) is 16.3 Å². The Morgan fingerprint density at radius 3 is 2.87 bits per heavy atom. The van der Waals surface area contributed by atoms with Gasteiger partial charge in [0, 0.05) is 35.4 Å². The zero-order chi connectivity index (χ0) is 16.4. The lowest BCUT2D eigenvalue weighted by molar-refractivity contribution is -0.384. The Balaban J connectivity index is 1.81. The molecule has 3 aromatic rings. The fourth-order valence-corrected chi connectivity index (χ4v) is 3.75. The number of nitro benzene ring substituents is 1. The lowest BCUT2D eigenvalue weighted by atomic mass is 10.3. The van der Waals surface area contributed by atoms with Crippen LogP contribution >= 0.6 is 34.7 Å².